The minimum atomic E-state index is 0.758. The van der Waals surface area contributed by atoms with Gasteiger partial charge in [-0.05, 0) is 25.5 Å². The first-order chi connectivity index (χ1) is 6.66. The minimum absolute atomic E-state index is 0.758. The quantitative estimate of drug-likeness (QED) is 0.641. The van der Waals surface area contributed by atoms with Gasteiger partial charge in [-0.2, -0.15) is 0 Å². The summed E-state index contributed by atoms with van der Waals surface area (Å²) in [6, 6.07) is 1.93. The lowest BCUT2D eigenvalue weighted by Gasteiger charge is -1.97. The average Bonchev–Trinajstić information content (AvgIpc) is 2.43. The molecular formula is C11H12N2O. The molecule has 0 aliphatic heterocycles. The summed E-state index contributed by atoms with van der Waals surface area (Å²) in [6.45, 7) is 3.93. The molecule has 72 valence electrons. The lowest BCUT2D eigenvalue weighted by molar-refractivity contribution is 0.112. The number of aromatic nitrogens is 2. The largest absolute Gasteiger partial charge is 0.332 e. The van der Waals surface area contributed by atoms with Crippen LogP contribution in [0.15, 0.2) is 12.3 Å². The van der Waals surface area contributed by atoms with Crippen LogP contribution in [0.25, 0.3) is 11.0 Å². The van der Waals surface area contributed by atoms with E-state index in [4.69, 9.17) is 0 Å². The molecule has 3 heteroatoms. The van der Waals surface area contributed by atoms with Crippen LogP contribution in [0.3, 0.4) is 0 Å². The zero-order valence-corrected chi connectivity index (χ0v) is 8.53. The molecular weight excluding hydrogens is 176 g/mol. The summed E-state index contributed by atoms with van der Waals surface area (Å²) in [4.78, 5) is 15.2. The highest BCUT2D eigenvalue weighted by atomic mass is 16.1. The molecule has 0 amide bonds. The second kappa shape index (κ2) is 2.94. The van der Waals surface area contributed by atoms with E-state index in [2.05, 4.69) is 4.98 Å². The normalized spacial score (nSPS) is 10.8. The zero-order chi connectivity index (χ0) is 10.3. The van der Waals surface area contributed by atoms with E-state index >= 15 is 0 Å². The Morgan fingerprint density at radius 3 is 2.79 bits per heavy atom. The van der Waals surface area contributed by atoms with Gasteiger partial charge in [0.25, 0.3) is 0 Å². The van der Waals surface area contributed by atoms with E-state index in [1.807, 2.05) is 31.5 Å². The highest BCUT2D eigenvalue weighted by Crippen LogP contribution is 2.24. The molecule has 0 saturated heterocycles. The fraction of sp³-hybridized carbons (Fsp3) is 0.273. The molecule has 0 aliphatic carbocycles. The third-order valence-electron chi connectivity index (χ3n) is 2.74. The first kappa shape index (κ1) is 8.94. The summed E-state index contributed by atoms with van der Waals surface area (Å²) < 4.78 is 1.95. The van der Waals surface area contributed by atoms with Crippen LogP contribution < -0.4 is 0 Å². The van der Waals surface area contributed by atoms with E-state index < -0.39 is 0 Å². The number of aldehydes is 1. The fourth-order valence-corrected chi connectivity index (χ4v) is 1.80. The highest BCUT2D eigenvalue weighted by Gasteiger charge is 2.13. The Balaban J connectivity index is 3.03. The molecule has 2 aromatic rings. The van der Waals surface area contributed by atoms with Crippen molar-refractivity contribution in [1.29, 1.82) is 0 Å². The van der Waals surface area contributed by atoms with E-state index in [1.54, 1.807) is 6.20 Å². The monoisotopic (exact) mass is 188 g/mol. The van der Waals surface area contributed by atoms with Crippen molar-refractivity contribution in [2.75, 3.05) is 0 Å². The number of hydrogen-bond donors (Lipinski definition) is 0. The molecule has 0 bridgehead atoms. The van der Waals surface area contributed by atoms with Gasteiger partial charge in [0.2, 0.25) is 0 Å². The molecule has 0 atom stereocenters. The van der Waals surface area contributed by atoms with E-state index in [-0.39, 0.29) is 0 Å². The Labute approximate surface area is 82.4 Å². The van der Waals surface area contributed by atoms with Crippen molar-refractivity contribution in [2.24, 2.45) is 7.05 Å². The lowest BCUT2D eigenvalue weighted by atomic mass is 10.1. The Kier molecular flexibility index (Phi) is 1.88. The van der Waals surface area contributed by atoms with Gasteiger partial charge in [-0.1, -0.05) is 0 Å². The lowest BCUT2D eigenvalue weighted by Crippen LogP contribution is -1.92. The number of pyridine rings is 1. The Bertz CT molecular complexity index is 511. The SMILES string of the molecule is Cc1ccnc2c1c(C=O)c(C)n2C. The van der Waals surface area contributed by atoms with Crippen LogP contribution in [-0.2, 0) is 7.05 Å². The molecule has 3 nitrogen and oxygen atoms in total. The topological polar surface area (TPSA) is 34.9 Å². The third kappa shape index (κ3) is 0.985. The summed E-state index contributed by atoms with van der Waals surface area (Å²) in [7, 11) is 1.93. The van der Waals surface area contributed by atoms with Gasteiger partial charge in [0.05, 0.1) is 0 Å². The van der Waals surface area contributed by atoms with E-state index in [0.717, 1.165) is 34.1 Å². The van der Waals surface area contributed by atoms with Gasteiger partial charge >= 0.3 is 0 Å². The molecule has 0 spiro atoms. The van der Waals surface area contributed by atoms with Crippen molar-refractivity contribution < 1.29 is 4.79 Å². The number of carbonyl (C=O) groups excluding carboxylic acids is 1. The van der Waals surface area contributed by atoms with Crippen LogP contribution in [0.4, 0.5) is 0 Å². The number of carbonyl (C=O) groups is 1. The molecule has 0 aliphatic rings. The average molecular weight is 188 g/mol. The Morgan fingerprint density at radius 2 is 2.14 bits per heavy atom. The Morgan fingerprint density at radius 1 is 1.43 bits per heavy atom. The van der Waals surface area contributed by atoms with Gasteiger partial charge in [0.15, 0.2) is 6.29 Å². The van der Waals surface area contributed by atoms with E-state index in [9.17, 15) is 4.79 Å². The summed E-state index contributed by atoms with van der Waals surface area (Å²) in [5.41, 5.74) is 3.70. The number of nitrogens with zero attached hydrogens (tertiary/aromatic N) is 2. The summed E-state index contributed by atoms with van der Waals surface area (Å²) >= 11 is 0. The van der Waals surface area contributed by atoms with Crippen molar-refractivity contribution in [3.05, 3.63) is 29.1 Å². The molecule has 0 saturated carbocycles. The van der Waals surface area contributed by atoms with E-state index in [1.165, 1.54) is 0 Å². The van der Waals surface area contributed by atoms with Gasteiger partial charge in [-0.3, -0.25) is 4.79 Å². The molecule has 14 heavy (non-hydrogen) atoms. The Hall–Kier alpha value is -1.64. The van der Waals surface area contributed by atoms with Gasteiger partial charge in [0, 0.05) is 29.9 Å². The first-order valence-electron chi connectivity index (χ1n) is 4.52. The van der Waals surface area contributed by atoms with Crippen LogP contribution in [-0.4, -0.2) is 15.8 Å². The van der Waals surface area contributed by atoms with Crippen molar-refractivity contribution >= 4 is 17.3 Å². The molecule has 0 aromatic carbocycles. The zero-order valence-electron chi connectivity index (χ0n) is 8.53. The van der Waals surface area contributed by atoms with Crippen LogP contribution in [0, 0.1) is 13.8 Å². The number of rotatable bonds is 1. The van der Waals surface area contributed by atoms with Gasteiger partial charge in [-0.25, -0.2) is 4.98 Å². The number of fused-ring (bicyclic) bond motifs is 1. The molecule has 0 unspecified atom stereocenters. The summed E-state index contributed by atoms with van der Waals surface area (Å²) in [5, 5.41) is 0.975. The van der Waals surface area contributed by atoms with Crippen LogP contribution >= 0.6 is 0 Å². The van der Waals surface area contributed by atoms with Crippen molar-refractivity contribution in [3.63, 3.8) is 0 Å². The van der Waals surface area contributed by atoms with Crippen LogP contribution in [0.5, 0.6) is 0 Å². The molecule has 2 heterocycles. The van der Waals surface area contributed by atoms with E-state index in [0.29, 0.717) is 0 Å². The smallest absolute Gasteiger partial charge is 0.152 e. The molecule has 2 rings (SSSR count). The predicted molar refractivity (Wildman–Crippen MR) is 55.6 cm³/mol. The molecule has 2 aromatic heterocycles. The van der Waals surface area contributed by atoms with Crippen LogP contribution in [0.1, 0.15) is 21.6 Å². The first-order valence-corrected chi connectivity index (χ1v) is 4.52. The van der Waals surface area contributed by atoms with Crippen molar-refractivity contribution in [1.82, 2.24) is 9.55 Å². The second-order valence-electron chi connectivity index (χ2n) is 3.50. The van der Waals surface area contributed by atoms with Gasteiger partial charge in [-0.15, -0.1) is 0 Å². The van der Waals surface area contributed by atoms with Crippen molar-refractivity contribution in [2.45, 2.75) is 13.8 Å². The third-order valence-corrected chi connectivity index (χ3v) is 2.74. The summed E-state index contributed by atoms with van der Waals surface area (Å²) in [6.07, 6.45) is 2.68. The molecule has 0 radical (unpaired) electrons. The van der Waals surface area contributed by atoms with Gasteiger partial charge < -0.3 is 4.57 Å². The molecule has 0 fully saturated rings. The second-order valence-corrected chi connectivity index (χ2v) is 3.50. The molecule has 0 N–H and O–H groups in total. The minimum Gasteiger partial charge on any atom is -0.332 e. The van der Waals surface area contributed by atoms with Gasteiger partial charge in [0.1, 0.15) is 5.65 Å². The maximum absolute atomic E-state index is 11.0. The number of aryl methyl sites for hydroxylation is 2. The predicted octanol–water partition coefficient (Wildman–Crippen LogP) is 2.00. The van der Waals surface area contributed by atoms with Crippen LogP contribution in [0.2, 0.25) is 0 Å². The fourth-order valence-electron chi connectivity index (χ4n) is 1.80. The van der Waals surface area contributed by atoms with Crippen molar-refractivity contribution in [3.8, 4) is 0 Å². The highest BCUT2D eigenvalue weighted by molar-refractivity contribution is 5.99. The standard InChI is InChI=1S/C11H12N2O/c1-7-4-5-12-11-10(7)9(6-14)8(2)13(11)3/h4-6H,1-3H3. The number of hydrogen-bond acceptors (Lipinski definition) is 2. The summed E-state index contributed by atoms with van der Waals surface area (Å²) in [5.74, 6) is 0. The maximum atomic E-state index is 11.0. The maximum Gasteiger partial charge on any atom is 0.152 e.